The third-order valence-corrected chi connectivity index (χ3v) is 1.35. The Morgan fingerprint density at radius 2 is 2.64 bits per heavy atom. The second-order valence-corrected chi connectivity index (χ2v) is 2.56. The molecule has 60 valence electrons. The normalized spacial score (nSPS) is 22.8. The van der Waals surface area contributed by atoms with Gasteiger partial charge in [0.2, 0.25) is 0 Å². The first-order valence-electron chi connectivity index (χ1n) is 6.28. The standard InChI is InChI=1S/C8H10BrNO/c1-6(2)11-7-3-4-10-8(9)5-7/h3-6H,1-2H3/i1D3,2D3,6D. The molecule has 3 heteroatoms. The number of nitrogens with zero attached hydrogens (tertiary/aromatic N) is 1. The molecule has 0 fully saturated rings. The van der Waals surface area contributed by atoms with Crippen molar-refractivity contribution in [3.8, 4) is 5.75 Å². The number of aromatic nitrogens is 1. The molecule has 1 heterocycles. The van der Waals surface area contributed by atoms with E-state index in [-0.39, 0.29) is 5.75 Å². The number of pyridine rings is 1. The van der Waals surface area contributed by atoms with Crippen molar-refractivity contribution in [2.75, 3.05) is 0 Å². The van der Waals surface area contributed by atoms with Gasteiger partial charge in [-0.25, -0.2) is 4.98 Å². The highest BCUT2D eigenvalue weighted by atomic mass is 79.9. The smallest absolute Gasteiger partial charge is 0.123 e. The summed E-state index contributed by atoms with van der Waals surface area (Å²) in [6.45, 7) is -6.23. The lowest BCUT2D eigenvalue weighted by atomic mass is 10.4. The highest BCUT2D eigenvalue weighted by Crippen LogP contribution is 2.15. The largest absolute Gasteiger partial charge is 0.491 e. The lowest BCUT2D eigenvalue weighted by molar-refractivity contribution is 0.242. The first-order valence-corrected chi connectivity index (χ1v) is 3.57. The summed E-state index contributed by atoms with van der Waals surface area (Å²) in [7, 11) is 0. The highest BCUT2D eigenvalue weighted by molar-refractivity contribution is 9.10. The van der Waals surface area contributed by atoms with E-state index in [0.717, 1.165) is 0 Å². The van der Waals surface area contributed by atoms with E-state index in [0.29, 0.717) is 4.60 Å². The van der Waals surface area contributed by atoms with Crippen LogP contribution >= 0.6 is 15.9 Å². The van der Waals surface area contributed by atoms with Crippen LogP contribution < -0.4 is 4.74 Å². The first kappa shape index (κ1) is 3.05. The predicted molar refractivity (Wildman–Crippen MR) is 47.7 cm³/mol. The Kier molecular flexibility index (Phi) is 1.03. The SMILES string of the molecule is [2H]C([2H])([2H])C([2H])(Oc1ccnc(Br)c1)C([2H])([2H])[2H]. The second-order valence-electron chi connectivity index (χ2n) is 1.75. The number of hydrogen-bond donors (Lipinski definition) is 0. The van der Waals surface area contributed by atoms with Crippen molar-refractivity contribution in [3.05, 3.63) is 22.9 Å². The van der Waals surface area contributed by atoms with Gasteiger partial charge in [-0.05, 0) is 35.7 Å². The van der Waals surface area contributed by atoms with Crippen molar-refractivity contribution in [2.45, 2.75) is 19.8 Å². The molecule has 0 amide bonds. The number of hydrogen-bond acceptors (Lipinski definition) is 2. The minimum Gasteiger partial charge on any atom is -0.491 e. The van der Waals surface area contributed by atoms with Crippen LogP contribution in [-0.2, 0) is 0 Å². The maximum absolute atomic E-state index is 7.65. The minimum absolute atomic E-state index is 0.0564. The molecule has 0 aliphatic heterocycles. The van der Waals surface area contributed by atoms with Crippen LogP contribution in [0.25, 0.3) is 0 Å². The van der Waals surface area contributed by atoms with Gasteiger partial charge in [-0.2, -0.15) is 0 Å². The summed E-state index contributed by atoms with van der Waals surface area (Å²) in [5, 5.41) is 0. The van der Waals surface area contributed by atoms with E-state index in [1.807, 2.05) is 0 Å². The maximum atomic E-state index is 7.65. The average molecular weight is 223 g/mol. The van der Waals surface area contributed by atoms with E-state index in [4.69, 9.17) is 14.3 Å². The zero-order valence-corrected chi connectivity index (χ0v) is 7.05. The molecular formula is C8H10BrNO. The second kappa shape index (κ2) is 3.72. The molecule has 0 bridgehead atoms. The summed E-state index contributed by atoms with van der Waals surface area (Å²) in [5.74, 6) is -0.0564. The Balaban J connectivity index is 3.16. The van der Waals surface area contributed by atoms with Crippen LogP contribution in [0.3, 0.4) is 0 Å². The molecule has 1 aromatic rings. The van der Waals surface area contributed by atoms with Crippen LogP contribution in [-0.4, -0.2) is 11.1 Å². The van der Waals surface area contributed by atoms with E-state index in [9.17, 15) is 0 Å². The predicted octanol–water partition coefficient (Wildman–Crippen LogP) is 2.63. The van der Waals surface area contributed by atoms with Gasteiger partial charge in [0, 0.05) is 20.5 Å². The van der Waals surface area contributed by atoms with Gasteiger partial charge in [0.1, 0.15) is 10.4 Å². The lowest BCUT2D eigenvalue weighted by Gasteiger charge is -2.08. The molecule has 0 N–H and O–H groups in total. The van der Waals surface area contributed by atoms with Crippen LogP contribution in [0.5, 0.6) is 5.75 Å². The van der Waals surface area contributed by atoms with E-state index in [2.05, 4.69) is 20.9 Å². The monoisotopic (exact) mass is 222 g/mol. The van der Waals surface area contributed by atoms with Crippen LogP contribution in [0, 0.1) is 0 Å². The fraction of sp³-hybridized carbons (Fsp3) is 0.375. The molecule has 2 nitrogen and oxygen atoms in total. The number of halogens is 1. The van der Waals surface area contributed by atoms with Gasteiger partial charge in [-0.15, -0.1) is 0 Å². The van der Waals surface area contributed by atoms with Crippen molar-refractivity contribution in [3.63, 3.8) is 0 Å². The van der Waals surface area contributed by atoms with Crippen molar-refractivity contribution < 1.29 is 14.3 Å². The van der Waals surface area contributed by atoms with Crippen molar-refractivity contribution in [1.29, 1.82) is 0 Å². The fourth-order valence-corrected chi connectivity index (χ4v) is 0.910. The summed E-state index contributed by atoms with van der Waals surface area (Å²) in [4.78, 5) is 3.79. The van der Waals surface area contributed by atoms with E-state index in [1.165, 1.54) is 18.3 Å². The summed E-state index contributed by atoms with van der Waals surface area (Å²) in [5.41, 5.74) is 0. The third-order valence-electron chi connectivity index (χ3n) is 0.918. The maximum Gasteiger partial charge on any atom is 0.123 e. The Morgan fingerprint density at radius 1 is 1.82 bits per heavy atom. The molecule has 0 radical (unpaired) electrons. The number of ether oxygens (including phenoxy) is 1. The summed E-state index contributed by atoms with van der Waals surface area (Å²) >= 11 is 3.04. The Morgan fingerprint density at radius 3 is 3.27 bits per heavy atom. The molecular weight excluding hydrogens is 206 g/mol. The topological polar surface area (TPSA) is 22.1 Å². The van der Waals surface area contributed by atoms with Gasteiger partial charge in [-0.1, -0.05) is 0 Å². The van der Waals surface area contributed by atoms with E-state index in [1.54, 1.807) is 0 Å². The molecule has 0 aliphatic carbocycles. The molecule has 0 unspecified atom stereocenters. The van der Waals surface area contributed by atoms with Crippen molar-refractivity contribution in [2.24, 2.45) is 0 Å². The lowest BCUT2D eigenvalue weighted by Crippen LogP contribution is -2.05. The molecule has 0 spiro atoms. The van der Waals surface area contributed by atoms with Gasteiger partial charge in [0.25, 0.3) is 0 Å². The zero-order chi connectivity index (χ0) is 14.2. The van der Waals surface area contributed by atoms with Crippen LogP contribution in [0.4, 0.5) is 0 Å². The Hall–Kier alpha value is -0.570. The van der Waals surface area contributed by atoms with E-state index < -0.39 is 19.8 Å². The van der Waals surface area contributed by atoms with E-state index >= 15 is 0 Å². The molecule has 1 rings (SSSR count). The molecule has 0 aromatic carbocycles. The van der Waals surface area contributed by atoms with Crippen LogP contribution in [0.2, 0.25) is 0 Å². The summed E-state index contributed by atoms with van der Waals surface area (Å²) in [6.07, 6.45) is -1.72. The molecule has 1 aromatic heterocycles. The van der Waals surface area contributed by atoms with Crippen LogP contribution in [0.15, 0.2) is 22.9 Å². The molecule has 0 saturated carbocycles. The number of rotatable bonds is 2. The molecule has 0 saturated heterocycles. The fourth-order valence-electron chi connectivity index (χ4n) is 0.566. The van der Waals surface area contributed by atoms with Crippen molar-refractivity contribution in [1.82, 2.24) is 4.98 Å². The molecule has 0 aliphatic rings. The van der Waals surface area contributed by atoms with Gasteiger partial charge in [0.05, 0.1) is 7.45 Å². The van der Waals surface area contributed by atoms with Gasteiger partial charge < -0.3 is 4.74 Å². The Bertz CT molecular complexity index is 416. The summed E-state index contributed by atoms with van der Waals surface area (Å²) < 4.78 is 55.9. The van der Waals surface area contributed by atoms with Crippen molar-refractivity contribution >= 4 is 15.9 Å². The zero-order valence-electron chi connectivity index (χ0n) is 12.5. The first-order chi connectivity index (χ1) is 7.97. The van der Waals surface area contributed by atoms with Gasteiger partial charge in [-0.3, -0.25) is 0 Å². The third kappa shape index (κ3) is 2.89. The molecule has 0 atom stereocenters. The Labute approximate surface area is 84.6 Å². The quantitative estimate of drug-likeness (QED) is 0.719. The average Bonchev–Trinajstić information content (AvgIpc) is 2.13. The van der Waals surface area contributed by atoms with Gasteiger partial charge >= 0.3 is 0 Å². The van der Waals surface area contributed by atoms with Gasteiger partial charge in [0.15, 0.2) is 0 Å². The molecule has 11 heavy (non-hydrogen) atoms. The minimum atomic E-state index is -3.12. The van der Waals surface area contributed by atoms with Crippen LogP contribution in [0.1, 0.15) is 23.3 Å². The highest BCUT2D eigenvalue weighted by Gasteiger charge is 1.97. The summed E-state index contributed by atoms with van der Waals surface area (Å²) in [6, 6.07) is 2.58.